The summed E-state index contributed by atoms with van der Waals surface area (Å²) in [5.74, 6) is 0.296. The maximum Gasteiger partial charge on any atom is 0.273 e. The Hall–Kier alpha value is -3.25. The van der Waals surface area contributed by atoms with Crippen LogP contribution in [0.3, 0.4) is 0 Å². The van der Waals surface area contributed by atoms with Crippen LogP contribution < -0.4 is 5.32 Å². The van der Waals surface area contributed by atoms with Crippen molar-refractivity contribution < 1.29 is 9.32 Å². The average Bonchev–Trinajstić information content (AvgIpc) is 3.39. The van der Waals surface area contributed by atoms with Crippen molar-refractivity contribution >= 4 is 17.2 Å². The summed E-state index contributed by atoms with van der Waals surface area (Å²) in [5, 5.41) is 10.8. The van der Waals surface area contributed by atoms with E-state index >= 15 is 0 Å². The van der Waals surface area contributed by atoms with Gasteiger partial charge in [-0.3, -0.25) is 9.78 Å². The Morgan fingerprint density at radius 3 is 2.77 bits per heavy atom. The quantitative estimate of drug-likeness (QED) is 0.572. The van der Waals surface area contributed by atoms with E-state index in [9.17, 15) is 4.79 Å². The van der Waals surface area contributed by atoms with E-state index in [-0.39, 0.29) is 11.6 Å². The molecule has 0 saturated carbocycles. The second-order valence-electron chi connectivity index (χ2n) is 5.69. The first-order valence-corrected chi connectivity index (χ1v) is 9.02. The lowest BCUT2D eigenvalue weighted by molar-refractivity contribution is 0.0942. The predicted octanol–water partition coefficient (Wildman–Crippen LogP) is 4.40. The molecule has 0 aliphatic carbocycles. The van der Waals surface area contributed by atoms with Crippen molar-refractivity contribution in [2.24, 2.45) is 0 Å². The van der Waals surface area contributed by atoms with Crippen molar-refractivity contribution in [3.8, 4) is 22.6 Å². The lowest BCUT2D eigenvalue weighted by Gasteiger charge is -2.05. The molecule has 0 bridgehead atoms. The van der Waals surface area contributed by atoms with Crippen LogP contribution in [0.4, 0.5) is 0 Å². The van der Waals surface area contributed by atoms with E-state index in [4.69, 9.17) is 4.52 Å². The van der Waals surface area contributed by atoms with Gasteiger partial charge >= 0.3 is 0 Å². The highest BCUT2D eigenvalue weighted by molar-refractivity contribution is 7.08. The zero-order valence-electron chi connectivity index (χ0n) is 13.8. The van der Waals surface area contributed by atoms with Crippen LogP contribution >= 0.6 is 11.3 Å². The van der Waals surface area contributed by atoms with E-state index < -0.39 is 0 Å². The molecule has 3 heterocycles. The Balaban J connectivity index is 1.43. The second-order valence-corrected chi connectivity index (χ2v) is 6.47. The number of pyridine rings is 1. The van der Waals surface area contributed by atoms with Crippen molar-refractivity contribution in [3.05, 3.63) is 82.8 Å². The van der Waals surface area contributed by atoms with Crippen LogP contribution in [-0.2, 0) is 6.54 Å². The number of carbonyl (C=O) groups excluding carboxylic acids is 1. The highest BCUT2D eigenvalue weighted by Gasteiger charge is 2.13. The summed E-state index contributed by atoms with van der Waals surface area (Å²) in [6, 6.07) is 17.1. The van der Waals surface area contributed by atoms with Crippen molar-refractivity contribution in [1.82, 2.24) is 15.5 Å². The average molecular weight is 361 g/mol. The van der Waals surface area contributed by atoms with E-state index in [1.165, 1.54) is 0 Å². The Morgan fingerprint density at radius 1 is 1.08 bits per heavy atom. The number of hydrogen-bond donors (Lipinski definition) is 1. The Kier molecular flexibility index (Phi) is 4.57. The number of amides is 1. The molecule has 0 saturated heterocycles. The molecule has 0 spiro atoms. The molecule has 0 unspecified atom stereocenters. The molecule has 0 aliphatic rings. The minimum absolute atomic E-state index is 0.260. The van der Waals surface area contributed by atoms with Gasteiger partial charge in [0, 0.05) is 35.3 Å². The van der Waals surface area contributed by atoms with Crippen LogP contribution in [0, 0.1) is 0 Å². The summed E-state index contributed by atoms with van der Waals surface area (Å²) < 4.78 is 5.27. The molecule has 0 fully saturated rings. The van der Waals surface area contributed by atoms with Gasteiger partial charge in [0.15, 0.2) is 11.5 Å². The summed E-state index contributed by atoms with van der Waals surface area (Å²) in [4.78, 5) is 16.7. The topological polar surface area (TPSA) is 68.0 Å². The number of rotatable bonds is 5. The van der Waals surface area contributed by atoms with E-state index in [0.29, 0.717) is 12.3 Å². The molecule has 5 nitrogen and oxygen atoms in total. The number of nitrogens with one attached hydrogen (secondary N) is 1. The first kappa shape index (κ1) is 16.2. The van der Waals surface area contributed by atoms with Gasteiger partial charge in [-0.15, -0.1) is 0 Å². The Labute approximate surface area is 154 Å². The summed E-state index contributed by atoms with van der Waals surface area (Å²) in [6.45, 7) is 0.395. The largest absolute Gasteiger partial charge is 0.355 e. The fraction of sp³-hybridized carbons (Fsp3) is 0.0500. The zero-order valence-corrected chi connectivity index (χ0v) is 14.6. The van der Waals surface area contributed by atoms with Crippen molar-refractivity contribution in [3.63, 3.8) is 0 Å². The normalized spacial score (nSPS) is 10.6. The van der Waals surface area contributed by atoms with Crippen LogP contribution in [0.1, 0.15) is 16.1 Å². The van der Waals surface area contributed by atoms with Gasteiger partial charge in [-0.05, 0) is 29.1 Å². The molecule has 1 aromatic carbocycles. The monoisotopic (exact) mass is 361 g/mol. The molecule has 128 valence electrons. The van der Waals surface area contributed by atoms with E-state index in [1.54, 1.807) is 23.6 Å². The fourth-order valence-corrected chi connectivity index (χ4v) is 3.20. The highest BCUT2D eigenvalue weighted by Crippen LogP contribution is 2.21. The second kappa shape index (κ2) is 7.33. The molecule has 4 aromatic rings. The van der Waals surface area contributed by atoms with Gasteiger partial charge in [-0.2, -0.15) is 11.3 Å². The molecular formula is C20H15N3O2S. The molecule has 6 heteroatoms. The maximum atomic E-state index is 12.3. The SMILES string of the molecule is O=C(NCc1ccnc(-c2ccsc2)c1)c1cc(-c2ccccc2)on1. The minimum atomic E-state index is -0.273. The first-order valence-electron chi connectivity index (χ1n) is 8.07. The summed E-state index contributed by atoms with van der Waals surface area (Å²) in [6.07, 6.45) is 1.75. The molecule has 1 amide bonds. The predicted molar refractivity (Wildman–Crippen MR) is 101 cm³/mol. The minimum Gasteiger partial charge on any atom is -0.355 e. The Morgan fingerprint density at radius 2 is 1.96 bits per heavy atom. The smallest absolute Gasteiger partial charge is 0.273 e. The molecule has 3 aromatic heterocycles. The number of carbonyl (C=O) groups is 1. The molecule has 0 atom stereocenters. The molecule has 4 rings (SSSR count). The lowest BCUT2D eigenvalue weighted by atomic mass is 10.1. The summed E-state index contributed by atoms with van der Waals surface area (Å²) in [5.41, 5.74) is 4.09. The third-order valence-corrected chi connectivity index (χ3v) is 4.58. The number of hydrogen-bond acceptors (Lipinski definition) is 5. The number of aromatic nitrogens is 2. The number of nitrogens with zero attached hydrogens (tertiary/aromatic N) is 2. The van der Waals surface area contributed by atoms with Gasteiger partial charge in [0.05, 0.1) is 5.69 Å². The van der Waals surface area contributed by atoms with Crippen LogP contribution in [-0.4, -0.2) is 16.0 Å². The number of thiophene rings is 1. The van der Waals surface area contributed by atoms with Crippen molar-refractivity contribution in [2.75, 3.05) is 0 Å². The van der Waals surface area contributed by atoms with Gasteiger partial charge < -0.3 is 9.84 Å². The molecule has 26 heavy (non-hydrogen) atoms. The van der Waals surface area contributed by atoms with Crippen LogP contribution in [0.15, 0.2) is 76.1 Å². The summed E-state index contributed by atoms with van der Waals surface area (Å²) in [7, 11) is 0. The van der Waals surface area contributed by atoms with Crippen molar-refractivity contribution in [1.29, 1.82) is 0 Å². The third-order valence-electron chi connectivity index (χ3n) is 3.90. The first-order chi connectivity index (χ1) is 12.8. The van der Waals surface area contributed by atoms with Crippen LogP contribution in [0.2, 0.25) is 0 Å². The van der Waals surface area contributed by atoms with E-state index in [2.05, 4.69) is 15.5 Å². The van der Waals surface area contributed by atoms with Crippen LogP contribution in [0.5, 0.6) is 0 Å². The van der Waals surface area contributed by atoms with E-state index in [1.807, 2.05) is 59.3 Å². The molecular weight excluding hydrogens is 346 g/mol. The zero-order chi connectivity index (χ0) is 17.8. The molecule has 1 N–H and O–H groups in total. The lowest BCUT2D eigenvalue weighted by Crippen LogP contribution is -2.23. The van der Waals surface area contributed by atoms with Gasteiger partial charge in [0.1, 0.15) is 0 Å². The van der Waals surface area contributed by atoms with Gasteiger partial charge in [-0.1, -0.05) is 35.5 Å². The van der Waals surface area contributed by atoms with Crippen LogP contribution in [0.25, 0.3) is 22.6 Å². The molecule has 0 radical (unpaired) electrons. The maximum absolute atomic E-state index is 12.3. The Bertz CT molecular complexity index is 1010. The third kappa shape index (κ3) is 3.55. The molecule has 0 aliphatic heterocycles. The van der Waals surface area contributed by atoms with Gasteiger partial charge in [0.2, 0.25) is 0 Å². The summed E-state index contributed by atoms with van der Waals surface area (Å²) >= 11 is 1.63. The van der Waals surface area contributed by atoms with Gasteiger partial charge in [-0.25, -0.2) is 0 Å². The fourth-order valence-electron chi connectivity index (χ4n) is 2.55. The standard InChI is InChI=1S/C20H15N3O2S/c24-20(18-11-19(25-23-18)15-4-2-1-3-5-15)22-12-14-6-8-21-17(10-14)16-7-9-26-13-16/h1-11,13H,12H2,(H,22,24). The van der Waals surface area contributed by atoms with Gasteiger partial charge in [0.25, 0.3) is 5.91 Å². The van der Waals surface area contributed by atoms with E-state index in [0.717, 1.165) is 22.4 Å². The number of benzene rings is 1. The van der Waals surface area contributed by atoms with Crippen molar-refractivity contribution in [2.45, 2.75) is 6.54 Å². The highest BCUT2D eigenvalue weighted by atomic mass is 32.1.